The molecule has 1 aromatic heterocycles. The largest absolute Gasteiger partial charge is 0.507 e. The number of aliphatic hydroxyl groups is 1. The molecular formula is C26H27N3O6. The predicted molar refractivity (Wildman–Crippen MR) is 128 cm³/mol. The number of Topliss-reactive ketones (excluding diaryl/α,β-unsaturated/α-hetero) is 1. The fourth-order valence-electron chi connectivity index (χ4n) is 4.23. The van der Waals surface area contributed by atoms with Crippen LogP contribution in [-0.2, 0) is 16.1 Å². The molecule has 1 amide bonds. The zero-order chi connectivity index (χ0) is 24.9. The standard InChI is InChI=1S/C26H27N3O6/c1-33-18-7-5-17(6-8-18)24(30)22-23(20-15-19(34-2)9-10-21(20)35-3)29(26(32)25(22)31)13-4-12-28-14-11-27-16-28/h5-11,14-16,23,30H,4,12-13H2,1-3H3. The quantitative estimate of drug-likeness (QED) is 0.286. The number of benzene rings is 2. The van der Waals surface area contributed by atoms with Crippen molar-refractivity contribution in [3.05, 3.63) is 77.9 Å². The number of aromatic nitrogens is 2. The molecule has 0 saturated carbocycles. The van der Waals surface area contributed by atoms with Gasteiger partial charge in [0, 0.05) is 36.6 Å². The summed E-state index contributed by atoms with van der Waals surface area (Å²) >= 11 is 0. The average molecular weight is 478 g/mol. The number of carbonyl (C=O) groups excluding carboxylic acids is 2. The fraction of sp³-hybridized carbons (Fsp3) is 0.269. The van der Waals surface area contributed by atoms with E-state index in [1.807, 2.05) is 10.8 Å². The zero-order valence-electron chi connectivity index (χ0n) is 19.8. The first kappa shape index (κ1) is 23.9. The fourth-order valence-corrected chi connectivity index (χ4v) is 4.23. The van der Waals surface area contributed by atoms with Gasteiger partial charge in [-0.3, -0.25) is 9.59 Å². The number of likely N-dealkylation sites (tertiary alicyclic amines) is 1. The molecule has 0 aliphatic carbocycles. The van der Waals surface area contributed by atoms with Crippen LogP contribution in [0.2, 0.25) is 0 Å². The third kappa shape index (κ3) is 4.70. The van der Waals surface area contributed by atoms with E-state index in [4.69, 9.17) is 14.2 Å². The van der Waals surface area contributed by atoms with E-state index in [-0.39, 0.29) is 17.9 Å². The maximum atomic E-state index is 13.3. The summed E-state index contributed by atoms with van der Waals surface area (Å²) in [7, 11) is 4.59. The lowest BCUT2D eigenvalue weighted by molar-refractivity contribution is -0.140. The first-order valence-electron chi connectivity index (χ1n) is 11.1. The molecule has 1 aliphatic rings. The monoisotopic (exact) mass is 477 g/mol. The van der Waals surface area contributed by atoms with E-state index < -0.39 is 17.7 Å². The summed E-state index contributed by atoms with van der Waals surface area (Å²) in [5.41, 5.74) is 0.937. The van der Waals surface area contributed by atoms with Gasteiger partial charge in [0.2, 0.25) is 0 Å². The number of aliphatic hydroxyl groups excluding tert-OH is 1. The molecule has 1 atom stereocenters. The Morgan fingerprint density at radius 3 is 2.31 bits per heavy atom. The molecule has 9 heteroatoms. The van der Waals surface area contributed by atoms with Gasteiger partial charge < -0.3 is 28.8 Å². The molecule has 1 saturated heterocycles. The second kappa shape index (κ2) is 10.3. The Balaban J connectivity index is 1.80. The molecule has 35 heavy (non-hydrogen) atoms. The lowest BCUT2D eigenvalue weighted by Gasteiger charge is -2.27. The molecule has 9 nitrogen and oxygen atoms in total. The number of methoxy groups -OCH3 is 3. The maximum Gasteiger partial charge on any atom is 0.295 e. The highest BCUT2D eigenvalue weighted by Gasteiger charge is 2.47. The highest BCUT2D eigenvalue weighted by Crippen LogP contribution is 2.44. The van der Waals surface area contributed by atoms with Crippen LogP contribution in [0, 0.1) is 0 Å². The van der Waals surface area contributed by atoms with Gasteiger partial charge in [-0.25, -0.2) is 4.98 Å². The minimum Gasteiger partial charge on any atom is -0.507 e. The summed E-state index contributed by atoms with van der Waals surface area (Å²) < 4.78 is 18.0. The van der Waals surface area contributed by atoms with Gasteiger partial charge in [0.1, 0.15) is 23.0 Å². The first-order valence-corrected chi connectivity index (χ1v) is 11.1. The van der Waals surface area contributed by atoms with Crippen LogP contribution in [0.15, 0.2) is 66.8 Å². The second-order valence-corrected chi connectivity index (χ2v) is 7.98. The number of rotatable bonds is 9. The van der Waals surface area contributed by atoms with E-state index >= 15 is 0 Å². The van der Waals surface area contributed by atoms with Crippen LogP contribution < -0.4 is 14.2 Å². The normalized spacial score (nSPS) is 17.0. The van der Waals surface area contributed by atoms with E-state index in [9.17, 15) is 14.7 Å². The van der Waals surface area contributed by atoms with E-state index in [1.165, 1.54) is 19.1 Å². The summed E-state index contributed by atoms with van der Waals surface area (Å²) in [5.74, 6) is -0.0888. The van der Waals surface area contributed by atoms with Crippen LogP contribution in [0.3, 0.4) is 0 Å². The van der Waals surface area contributed by atoms with Gasteiger partial charge in [0.25, 0.3) is 11.7 Å². The number of carbonyl (C=O) groups is 2. The van der Waals surface area contributed by atoms with Crippen molar-refractivity contribution in [3.63, 3.8) is 0 Å². The van der Waals surface area contributed by atoms with Gasteiger partial charge in [0.05, 0.1) is 39.3 Å². The number of hydrogen-bond acceptors (Lipinski definition) is 7. The van der Waals surface area contributed by atoms with Gasteiger partial charge in [-0.05, 0) is 48.9 Å². The Labute approximate surface area is 203 Å². The highest BCUT2D eigenvalue weighted by atomic mass is 16.5. The van der Waals surface area contributed by atoms with E-state index in [0.29, 0.717) is 41.3 Å². The SMILES string of the molecule is COc1ccc(C(O)=C2C(=O)C(=O)N(CCCn3ccnc3)C2c2cc(OC)ccc2OC)cc1. The lowest BCUT2D eigenvalue weighted by Crippen LogP contribution is -2.31. The average Bonchev–Trinajstić information content (AvgIpc) is 3.50. The van der Waals surface area contributed by atoms with Crippen molar-refractivity contribution >= 4 is 17.4 Å². The van der Waals surface area contributed by atoms with E-state index in [2.05, 4.69) is 4.98 Å². The summed E-state index contributed by atoms with van der Waals surface area (Å²) in [6.45, 7) is 0.899. The summed E-state index contributed by atoms with van der Waals surface area (Å²) in [6, 6.07) is 10.9. The molecule has 3 aromatic rings. The van der Waals surface area contributed by atoms with Gasteiger partial charge >= 0.3 is 0 Å². The number of nitrogens with zero attached hydrogens (tertiary/aromatic N) is 3. The van der Waals surface area contributed by atoms with Crippen molar-refractivity contribution < 1.29 is 28.9 Å². The molecule has 182 valence electrons. The Hall–Kier alpha value is -4.27. The summed E-state index contributed by atoms with van der Waals surface area (Å²) in [4.78, 5) is 32.0. The third-order valence-corrected chi connectivity index (χ3v) is 6.01. The molecule has 0 radical (unpaired) electrons. The van der Waals surface area contributed by atoms with Crippen LogP contribution in [0.4, 0.5) is 0 Å². The lowest BCUT2D eigenvalue weighted by atomic mass is 9.94. The van der Waals surface area contributed by atoms with Gasteiger partial charge in [0.15, 0.2) is 0 Å². The zero-order valence-corrected chi connectivity index (χ0v) is 19.8. The molecule has 1 N–H and O–H groups in total. The molecule has 2 aromatic carbocycles. The minimum atomic E-state index is -0.857. The Bertz CT molecular complexity index is 1230. The third-order valence-electron chi connectivity index (χ3n) is 6.01. The van der Waals surface area contributed by atoms with Crippen molar-refractivity contribution in [2.45, 2.75) is 19.0 Å². The van der Waals surface area contributed by atoms with Crippen LogP contribution >= 0.6 is 0 Å². The number of ketones is 1. The van der Waals surface area contributed by atoms with Crippen LogP contribution in [0.5, 0.6) is 17.2 Å². The smallest absolute Gasteiger partial charge is 0.295 e. The molecule has 1 aliphatic heterocycles. The van der Waals surface area contributed by atoms with Gasteiger partial charge in [-0.15, -0.1) is 0 Å². The molecule has 0 bridgehead atoms. The predicted octanol–water partition coefficient (Wildman–Crippen LogP) is 3.42. The van der Waals surface area contributed by atoms with Gasteiger partial charge in [-0.1, -0.05) is 0 Å². The number of aryl methyl sites for hydroxylation is 1. The van der Waals surface area contributed by atoms with Crippen LogP contribution in [0.1, 0.15) is 23.6 Å². The molecule has 4 rings (SSSR count). The number of ether oxygens (including phenoxy) is 3. The summed E-state index contributed by atoms with van der Waals surface area (Å²) in [5, 5.41) is 11.2. The maximum absolute atomic E-state index is 13.3. The second-order valence-electron chi connectivity index (χ2n) is 7.98. The molecule has 1 fully saturated rings. The first-order chi connectivity index (χ1) is 17.0. The van der Waals surface area contributed by atoms with E-state index in [0.717, 1.165) is 0 Å². The highest BCUT2D eigenvalue weighted by molar-refractivity contribution is 6.46. The summed E-state index contributed by atoms with van der Waals surface area (Å²) in [6.07, 6.45) is 5.79. The van der Waals surface area contributed by atoms with Crippen molar-refractivity contribution in [1.29, 1.82) is 0 Å². The van der Waals surface area contributed by atoms with Crippen molar-refractivity contribution in [2.24, 2.45) is 0 Å². The van der Waals surface area contributed by atoms with Crippen LogP contribution in [0.25, 0.3) is 5.76 Å². The molecular weight excluding hydrogens is 450 g/mol. The van der Waals surface area contributed by atoms with Crippen molar-refractivity contribution in [2.75, 3.05) is 27.9 Å². The molecule has 0 spiro atoms. The van der Waals surface area contributed by atoms with Crippen molar-refractivity contribution in [1.82, 2.24) is 14.5 Å². The van der Waals surface area contributed by atoms with Gasteiger partial charge in [-0.2, -0.15) is 0 Å². The molecule has 1 unspecified atom stereocenters. The number of amides is 1. The van der Waals surface area contributed by atoms with Crippen LogP contribution in [-0.4, -0.2) is 59.1 Å². The minimum absolute atomic E-state index is 0.00523. The molecule has 2 heterocycles. The number of imidazole rings is 1. The van der Waals surface area contributed by atoms with Crippen molar-refractivity contribution in [3.8, 4) is 17.2 Å². The van der Waals surface area contributed by atoms with E-state index in [1.54, 1.807) is 62.1 Å². The Kier molecular flexibility index (Phi) is 7.05. The topological polar surface area (TPSA) is 103 Å². The Morgan fingerprint density at radius 2 is 1.69 bits per heavy atom. The Morgan fingerprint density at radius 1 is 0.971 bits per heavy atom. The number of hydrogen-bond donors (Lipinski definition) is 1.